The normalized spacial score (nSPS) is 10.2. The zero-order valence-electron chi connectivity index (χ0n) is 10.3. The highest BCUT2D eigenvalue weighted by Gasteiger charge is 2.16. The zero-order valence-corrected chi connectivity index (χ0v) is 13.4. The minimum absolute atomic E-state index is 0.110. The van der Waals surface area contributed by atoms with Crippen LogP contribution in [-0.4, -0.2) is 17.0 Å². The first-order chi connectivity index (χ1) is 9.51. The van der Waals surface area contributed by atoms with E-state index in [0.717, 1.165) is 4.47 Å². The molecule has 104 valence electrons. The van der Waals surface area contributed by atoms with Gasteiger partial charge in [-0.1, -0.05) is 0 Å². The van der Waals surface area contributed by atoms with Crippen LogP contribution < -0.4 is 10.1 Å². The highest BCUT2D eigenvalue weighted by molar-refractivity contribution is 9.10. The first-order valence-electron chi connectivity index (χ1n) is 5.41. The minimum Gasteiger partial charge on any atom is -0.495 e. The molecule has 6 nitrogen and oxygen atoms in total. The van der Waals surface area contributed by atoms with Gasteiger partial charge in [-0.3, -0.25) is 10.1 Å². The summed E-state index contributed by atoms with van der Waals surface area (Å²) < 4.78 is 6.51. The summed E-state index contributed by atoms with van der Waals surface area (Å²) in [6.07, 6.45) is 1.49. The van der Waals surface area contributed by atoms with E-state index in [4.69, 9.17) is 4.74 Å². The number of nitrogens with one attached hydrogen (secondary N) is 1. The van der Waals surface area contributed by atoms with E-state index in [0.29, 0.717) is 15.9 Å². The molecule has 1 aromatic heterocycles. The maximum Gasteiger partial charge on any atom is 0.312 e. The van der Waals surface area contributed by atoms with Crippen LogP contribution in [0.5, 0.6) is 5.75 Å². The SMILES string of the molecule is COc1cc(Nc2ncc(Br)cc2[N+](=O)[O-])ccc1Br. The fraction of sp³-hybridized carbons (Fsp3) is 0.0833. The maximum absolute atomic E-state index is 11.0. The average molecular weight is 403 g/mol. The van der Waals surface area contributed by atoms with Crippen LogP contribution in [0.25, 0.3) is 0 Å². The Bertz CT molecular complexity index is 664. The molecule has 0 saturated heterocycles. The number of anilines is 2. The number of rotatable bonds is 4. The molecular weight excluding hydrogens is 394 g/mol. The lowest BCUT2D eigenvalue weighted by atomic mass is 10.3. The number of methoxy groups -OCH3 is 1. The third-order valence-corrected chi connectivity index (χ3v) is 3.53. The van der Waals surface area contributed by atoms with Crippen LogP contribution in [0.15, 0.2) is 39.4 Å². The number of aromatic nitrogens is 1. The van der Waals surface area contributed by atoms with Gasteiger partial charge < -0.3 is 10.1 Å². The fourth-order valence-corrected chi connectivity index (χ4v) is 2.27. The van der Waals surface area contributed by atoms with Crippen molar-refractivity contribution in [2.24, 2.45) is 0 Å². The van der Waals surface area contributed by atoms with E-state index in [9.17, 15) is 10.1 Å². The van der Waals surface area contributed by atoms with Crippen molar-refractivity contribution in [2.75, 3.05) is 12.4 Å². The van der Waals surface area contributed by atoms with Crippen LogP contribution in [0.4, 0.5) is 17.2 Å². The van der Waals surface area contributed by atoms with Gasteiger partial charge in [-0.05, 0) is 44.0 Å². The Morgan fingerprint density at radius 1 is 1.35 bits per heavy atom. The third-order valence-electron chi connectivity index (χ3n) is 2.44. The smallest absolute Gasteiger partial charge is 0.312 e. The van der Waals surface area contributed by atoms with Gasteiger partial charge in [0.15, 0.2) is 0 Å². The van der Waals surface area contributed by atoms with E-state index in [-0.39, 0.29) is 11.5 Å². The molecule has 1 heterocycles. The van der Waals surface area contributed by atoms with E-state index < -0.39 is 4.92 Å². The van der Waals surface area contributed by atoms with E-state index >= 15 is 0 Å². The summed E-state index contributed by atoms with van der Waals surface area (Å²) in [7, 11) is 1.55. The lowest BCUT2D eigenvalue weighted by molar-refractivity contribution is -0.384. The lowest BCUT2D eigenvalue weighted by Crippen LogP contribution is -2.00. The minimum atomic E-state index is -0.490. The summed E-state index contributed by atoms with van der Waals surface area (Å²) in [4.78, 5) is 14.5. The lowest BCUT2D eigenvalue weighted by Gasteiger charge is -2.09. The molecule has 0 aliphatic heterocycles. The van der Waals surface area contributed by atoms with Gasteiger partial charge in [-0.25, -0.2) is 4.98 Å². The first kappa shape index (κ1) is 14.7. The standard InChI is InChI=1S/C12H9Br2N3O3/c1-20-11-5-8(2-3-9(11)14)16-12-10(17(18)19)4-7(13)6-15-12/h2-6H,1H3,(H,15,16). The summed E-state index contributed by atoms with van der Waals surface area (Å²) in [6, 6.07) is 6.66. The van der Waals surface area contributed by atoms with Crippen LogP contribution in [-0.2, 0) is 0 Å². The van der Waals surface area contributed by atoms with E-state index in [1.807, 2.05) is 0 Å². The number of hydrogen-bond acceptors (Lipinski definition) is 5. The largest absolute Gasteiger partial charge is 0.495 e. The summed E-state index contributed by atoms with van der Waals surface area (Å²) in [5.41, 5.74) is 0.532. The molecule has 0 aliphatic rings. The number of halogens is 2. The van der Waals surface area contributed by atoms with Crippen LogP contribution >= 0.6 is 31.9 Å². The molecule has 0 unspecified atom stereocenters. The Labute approximate surface area is 131 Å². The fourth-order valence-electron chi connectivity index (χ4n) is 1.54. The summed E-state index contributed by atoms with van der Waals surface area (Å²) in [5.74, 6) is 0.789. The van der Waals surface area contributed by atoms with Crippen molar-refractivity contribution in [1.82, 2.24) is 4.98 Å². The van der Waals surface area contributed by atoms with Crippen molar-refractivity contribution >= 4 is 49.1 Å². The molecule has 2 aromatic rings. The molecule has 0 aliphatic carbocycles. The molecule has 0 fully saturated rings. The molecule has 2 rings (SSSR count). The van der Waals surface area contributed by atoms with Gasteiger partial charge in [0, 0.05) is 28.5 Å². The van der Waals surface area contributed by atoms with Crippen LogP contribution in [0.3, 0.4) is 0 Å². The van der Waals surface area contributed by atoms with E-state index in [1.165, 1.54) is 12.3 Å². The van der Waals surface area contributed by atoms with E-state index in [1.54, 1.807) is 25.3 Å². The van der Waals surface area contributed by atoms with Gasteiger partial charge >= 0.3 is 5.69 Å². The second-order valence-electron chi connectivity index (χ2n) is 3.75. The predicted molar refractivity (Wildman–Crippen MR) is 82.6 cm³/mol. The third kappa shape index (κ3) is 3.26. The zero-order chi connectivity index (χ0) is 14.7. The quantitative estimate of drug-likeness (QED) is 0.610. The van der Waals surface area contributed by atoms with Gasteiger partial charge in [-0.2, -0.15) is 0 Å². The average Bonchev–Trinajstić information content (AvgIpc) is 2.42. The summed E-state index contributed by atoms with van der Waals surface area (Å²) >= 11 is 6.50. The Kier molecular flexibility index (Phi) is 4.56. The van der Waals surface area contributed by atoms with Crippen molar-refractivity contribution < 1.29 is 9.66 Å². The van der Waals surface area contributed by atoms with Crippen molar-refractivity contribution in [1.29, 1.82) is 0 Å². The number of hydrogen-bond donors (Lipinski definition) is 1. The van der Waals surface area contributed by atoms with Crippen LogP contribution in [0, 0.1) is 10.1 Å². The molecule has 0 spiro atoms. The maximum atomic E-state index is 11.0. The molecule has 0 radical (unpaired) electrons. The van der Waals surface area contributed by atoms with Gasteiger partial charge in [0.25, 0.3) is 0 Å². The van der Waals surface area contributed by atoms with E-state index in [2.05, 4.69) is 42.2 Å². The van der Waals surface area contributed by atoms with Crippen LogP contribution in [0.1, 0.15) is 0 Å². The number of nitrogens with zero attached hydrogens (tertiary/aromatic N) is 2. The molecule has 0 saturated carbocycles. The Hall–Kier alpha value is -1.67. The Morgan fingerprint density at radius 2 is 2.10 bits per heavy atom. The van der Waals surface area contributed by atoms with Gasteiger partial charge in [0.05, 0.1) is 16.5 Å². The van der Waals surface area contributed by atoms with Gasteiger partial charge in [0.2, 0.25) is 5.82 Å². The topological polar surface area (TPSA) is 77.3 Å². The molecular formula is C12H9Br2N3O3. The highest BCUT2D eigenvalue weighted by Crippen LogP contribution is 2.32. The number of benzene rings is 1. The molecule has 0 amide bonds. The first-order valence-corrected chi connectivity index (χ1v) is 7.00. The van der Waals surface area contributed by atoms with Gasteiger partial charge in [-0.15, -0.1) is 0 Å². The second kappa shape index (κ2) is 6.19. The molecule has 20 heavy (non-hydrogen) atoms. The summed E-state index contributed by atoms with van der Waals surface area (Å²) in [5, 5.41) is 13.9. The number of nitro groups is 1. The Morgan fingerprint density at radius 3 is 2.75 bits per heavy atom. The number of pyridine rings is 1. The van der Waals surface area contributed by atoms with Crippen molar-refractivity contribution in [3.63, 3.8) is 0 Å². The van der Waals surface area contributed by atoms with Crippen LogP contribution in [0.2, 0.25) is 0 Å². The molecule has 1 aromatic carbocycles. The monoisotopic (exact) mass is 401 g/mol. The Balaban J connectivity index is 2.37. The second-order valence-corrected chi connectivity index (χ2v) is 5.52. The summed E-state index contributed by atoms with van der Waals surface area (Å²) in [6.45, 7) is 0. The highest BCUT2D eigenvalue weighted by atomic mass is 79.9. The van der Waals surface area contributed by atoms with Crippen molar-refractivity contribution in [2.45, 2.75) is 0 Å². The molecule has 0 bridgehead atoms. The number of ether oxygens (including phenoxy) is 1. The van der Waals surface area contributed by atoms with Gasteiger partial charge in [0.1, 0.15) is 5.75 Å². The molecule has 8 heteroatoms. The molecule has 0 atom stereocenters. The predicted octanol–water partition coefficient (Wildman–Crippen LogP) is 4.27. The van der Waals surface area contributed by atoms with Crippen molar-refractivity contribution in [3.8, 4) is 5.75 Å². The van der Waals surface area contributed by atoms with Crippen molar-refractivity contribution in [3.05, 3.63) is 49.5 Å². The molecule has 1 N–H and O–H groups in total.